The molecule has 152 valence electrons. The van der Waals surface area contributed by atoms with Gasteiger partial charge in [-0.05, 0) is 50.7 Å². The quantitative estimate of drug-likeness (QED) is 0.858. The number of aromatic nitrogens is 3. The SMILES string of the molecule is COCC1(C(=O)N2CCC3(CCc4c3nc(-c3cccnc3)[nH]c4=O)CC2)CC1. The van der Waals surface area contributed by atoms with Crippen LogP contribution in [-0.2, 0) is 21.4 Å². The van der Waals surface area contributed by atoms with Crippen LogP contribution in [-0.4, -0.2) is 52.6 Å². The molecule has 0 atom stereocenters. The number of ether oxygens (including phenoxy) is 1. The zero-order valence-corrected chi connectivity index (χ0v) is 16.7. The van der Waals surface area contributed by atoms with Crippen molar-refractivity contribution >= 4 is 5.91 Å². The molecule has 0 aromatic carbocycles. The Bertz CT molecular complexity index is 989. The topological polar surface area (TPSA) is 88.2 Å². The second-order valence-corrected chi connectivity index (χ2v) is 8.77. The van der Waals surface area contributed by atoms with Gasteiger partial charge in [0.05, 0.1) is 17.7 Å². The summed E-state index contributed by atoms with van der Waals surface area (Å²) in [7, 11) is 1.66. The molecule has 0 bridgehead atoms. The maximum absolute atomic E-state index is 13.0. The minimum atomic E-state index is -0.282. The molecule has 5 rings (SSSR count). The van der Waals surface area contributed by atoms with Crippen LogP contribution >= 0.6 is 0 Å². The minimum absolute atomic E-state index is 0.0405. The Balaban J connectivity index is 1.40. The van der Waals surface area contributed by atoms with Crippen LogP contribution in [0.2, 0.25) is 0 Å². The van der Waals surface area contributed by atoms with Gasteiger partial charge in [0.25, 0.3) is 5.56 Å². The van der Waals surface area contributed by atoms with Crippen molar-refractivity contribution in [1.29, 1.82) is 0 Å². The number of fused-ring (bicyclic) bond motifs is 2. The number of amides is 1. The molecule has 0 radical (unpaired) electrons. The van der Waals surface area contributed by atoms with Gasteiger partial charge in [-0.25, -0.2) is 4.98 Å². The van der Waals surface area contributed by atoms with Crippen LogP contribution in [0.3, 0.4) is 0 Å². The first kappa shape index (κ1) is 18.5. The molecule has 3 aliphatic rings. The van der Waals surface area contributed by atoms with Gasteiger partial charge in [0.1, 0.15) is 5.82 Å². The van der Waals surface area contributed by atoms with E-state index in [-0.39, 0.29) is 22.3 Å². The number of hydrogen-bond acceptors (Lipinski definition) is 5. The third-order valence-electron chi connectivity index (χ3n) is 7.04. The highest BCUT2D eigenvalue weighted by Crippen LogP contribution is 2.50. The second kappa shape index (κ2) is 6.76. The summed E-state index contributed by atoms with van der Waals surface area (Å²) >= 11 is 0. The van der Waals surface area contributed by atoms with Crippen molar-refractivity contribution in [3.63, 3.8) is 0 Å². The Morgan fingerprint density at radius 2 is 2.03 bits per heavy atom. The Hall–Kier alpha value is -2.54. The number of H-pyrrole nitrogens is 1. The fourth-order valence-electron chi connectivity index (χ4n) is 5.10. The lowest BCUT2D eigenvalue weighted by molar-refractivity contribution is -0.140. The maximum atomic E-state index is 13.0. The summed E-state index contributed by atoms with van der Waals surface area (Å²) in [5, 5.41) is 0. The number of piperidine rings is 1. The summed E-state index contributed by atoms with van der Waals surface area (Å²) < 4.78 is 5.29. The number of rotatable bonds is 4. The van der Waals surface area contributed by atoms with Crippen molar-refractivity contribution in [2.24, 2.45) is 5.41 Å². The number of hydrogen-bond donors (Lipinski definition) is 1. The number of nitrogens with one attached hydrogen (secondary N) is 1. The largest absolute Gasteiger partial charge is 0.384 e. The van der Waals surface area contributed by atoms with Crippen molar-refractivity contribution in [3.05, 3.63) is 46.1 Å². The molecule has 7 heteroatoms. The number of nitrogens with zero attached hydrogens (tertiary/aromatic N) is 3. The molecule has 1 saturated carbocycles. The van der Waals surface area contributed by atoms with Crippen LogP contribution in [0.4, 0.5) is 0 Å². The average molecular weight is 394 g/mol. The van der Waals surface area contributed by atoms with Gasteiger partial charge < -0.3 is 14.6 Å². The molecule has 1 N–H and O–H groups in total. The summed E-state index contributed by atoms with van der Waals surface area (Å²) in [5.74, 6) is 0.820. The highest BCUT2D eigenvalue weighted by molar-refractivity contribution is 5.85. The van der Waals surface area contributed by atoms with E-state index in [1.807, 2.05) is 17.0 Å². The molecule has 1 spiro atoms. The lowest BCUT2D eigenvalue weighted by atomic mass is 9.76. The molecule has 2 aromatic rings. The summed E-state index contributed by atoms with van der Waals surface area (Å²) in [6, 6.07) is 3.75. The van der Waals surface area contributed by atoms with Crippen LogP contribution in [0.15, 0.2) is 29.3 Å². The van der Waals surface area contributed by atoms with Crippen molar-refractivity contribution in [3.8, 4) is 11.4 Å². The van der Waals surface area contributed by atoms with Crippen LogP contribution in [0.1, 0.15) is 43.4 Å². The van der Waals surface area contributed by atoms with Crippen LogP contribution in [0.25, 0.3) is 11.4 Å². The summed E-state index contributed by atoms with van der Waals surface area (Å²) in [5.41, 5.74) is 2.14. The highest BCUT2D eigenvalue weighted by atomic mass is 16.5. The molecular formula is C22H26N4O3. The Morgan fingerprint density at radius 1 is 1.24 bits per heavy atom. The number of carbonyl (C=O) groups is 1. The van der Waals surface area contributed by atoms with Gasteiger partial charge in [-0.15, -0.1) is 0 Å². The van der Waals surface area contributed by atoms with Gasteiger partial charge in [-0.2, -0.15) is 0 Å². The molecule has 2 fully saturated rings. The van der Waals surface area contributed by atoms with E-state index in [0.29, 0.717) is 12.4 Å². The van der Waals surface area contributed by atoms with E-state index >= 15 is 0 Å². The van der Waals surface area contributed by atoms with Crippen molar-refractivity contribution in [1.82, 2.24) is 19.9 Å². The van der Waals surface area contributed by atoms with Crippen molar-refractivity contribution in [2.75, 3.05) is 26.8 Å². The normalized spacial score (nSPS) is 21.2. The fraction of sp³-hybridized carbons (Fsp3) is 0.545. The van der Waals surface area contributed by atoms with E-state index in [9.17, 15) is 9.59 Å². The zero-order valence-electron chi connectivity index (χ0n) is 16.7. The maximum Gasteiger partial charge on any atom is 0.254 e. The molecule has 29 heavy (non-hydrogen) atoms. The fourth-order valence-corrected chi connectivity index (χ4v) is 5.10. The molecule has 7 nitrogen and oxygen atoms in total. The van der Waals surface area contributed by atoms with Crippen LogP contribution < -0.4 is 5.56 Å². The minimum Gasteiger partial charge on any atom is -0.384 e. The van der Waals surface area contributed by atoms with E-state index in [2.05, 4.69) is 9.97 Å². The van der Waals surface area contributed by atoms with Gasteiger partial charge in [0, 0.05) is 49.1 Å². The molecular weight excluding hydrogens is 368 g/mol. The van der Waals surface area contributed by atoms with Gasteiger partial charge in [-0.1, -0.05) is 0 Å². The van der Waals surface area contributed by atoms with Gasteiger partial charge >= 0.3 is 0 Å². The van der Waals surface area contributed by atoms with E-state index in [0.717, 1.165) is 68.4 Å². The third kappa shape index (κ3) is 2.99. The first-order valence-electron chi connectivity index (χ1n) is 10.4. The van der Waals surface area contributed by atoms with E-state index in [1.165, 1.54) is 0 Å². The lowest BCUT2D eigenvalue weighted by Gasteiger charge is -2.40. The Kier molecular flexibility index (Phi) is 4.31. The monoisotopic (exact) mass is 394 g/mol. The summed E-state index contributed by atoms with van der Waals surface area (Å²) in [6.45, 7) is 1.96. The Labute approximate surface area is 169 Å². The molecule has 1 saturated heterocycles. The number of likely N-dealkylation sites (tertiary alicyclic amines) is 1. The van der Waals surface area contributed by atoms with E-state index in [4.69, 9.17) is 9.72 Å². The molecule has 2 aliphatic carbocycles. The number of pyridine rings is 1. The Morgan fingerprint density at radius 3 is 2.69 bits per heavy atom. The van der Waals surface area contributed by atoms with Gasteiger partial charge in [0.2, 0.25) is 5.91 Å². The lowest BCUT2D eigenvalue weighted by Crippen LogP contribution is -2.48. The van der Waals surface area contributed by atoms with E-state index < -0.39 is 0 Å². The van der Waals surface area contributed by atoms with Crippen LogP contribution in [0.5, 0.6) is 0 Å². The average Bonchev–Trinajstić information content (AvgIpc) is 3.46. The van der Waals surface area contributed by atoms with Gasteiger partial charge in [0.15, 0.2) is 0 Å². The number of aromatic amines is 1. The number of carbonyl (C=O) groups excluding carboxylic acids is 1. The zero-order chi connectivity index (χ0) is 20.1. The summed E-state index contributed by atoms with van der Waals surface area (Å²) in [4.78, 5) is 39.7. The predicted molar refractivity (Wildman–Crippen MR) is 107 cm³/mol. The standard InChI is InChI=1S/C22H26N4O3/c1-29-14-22(6-7-22)20(28)26-11-8-21(9-12-26)5-4-16-17(21)24-18(25-19(16)27)15-3-2-10-23-13-15/h2-3,10,13H,4-9,11-12,14H2,1H3,(H,24,25,27). The third-order valence-corrected chi connectivity index (χ3v) is 7.04. The first-order valence-corrected chi connectivity index (χ1v) is 10.4. The first-order chi connectivity index (χ1) is 14.1. The summed E-state index contributed by atoms with van der Waals surface area (Å²) in [6.07, 6.45) is 8.69. The van der Waals surface area contributed by atoms with Gasteiger partial charge in [-0.3, -0.25) is 14.6 Å². The van der Waals surface area contributed by atoms with E-state index in [1.54, 1.807) is 19.5 Å². The predicted octanol–water partition coefficient (Wildman–Crippen LogP) is 2.06. The van der Waals surface area contributed by atoms with Crippen LogP contribution in [0, 0.1) is 5.41 Å². The van der Waals surface area contributed by atoms with Crippen molar-refractivity contribution < 1.29 is 9.53 Å². The number of methoxy groups -OCH3 is 1. The molecule has 0 unspecified atom stereocenters. The molecule has 2 aromatic heterocycles. The van der Waals surface area contributed by atoms with Crippen molar-refractivity contribution in [2.45, 2.75) is 43.9 Å². The molecule has 1 aliphatic heterocycles. The second-order valence-electron chi connectivity index (χ2n) is 8.77. The molecule has 3 heterocycles. The molecule has 1 amide bonds. The highest BCUT2D eigenvalue weighted by Gasteiger charge is 2.53. The smallest absolute Gasteiger partial charge is 0.254 e.